The third-order valence-corrected chi connectivity index (χ3v) is 3.88. The van der Waals surface area contributed by atoms with Crippen molar-refractivity contribution in [3.8, 4) is 0 Å². The van der Waals surface area contributed by atoms with Gasteiger partial charge in [0.25, 0.3) is 0 Å². The van der Waals surface area contributed by atoms with E-state index >= 15 is 0 Å². The maximum atomic E-state index is 4.46. The second-order valence-corrected chi connectivity index (χ2v) is 5.51. The summed E-state index contributed by atoms with van der Waals surface area (Å²) in [6.45, 7) is 6.64. The smallest absolute Gasteiger partial charge is 0.243 e. The molecular formula is C13H19BrN4. The van der Waals surface area contributed by atoms with Crippen molar-refractivity contribution in [1.82, 2.24) is 14.6 Å². The van der Waals surface area contributed by atoms with Gasteiger partial charge in [-0.2, -0.15) is 4.98 Å². The first-order valence-electron chi connectivity index (χ1n) is 6.42. The van der Waals surface area contributed by atoms with Gasteiger partial charge in [0, 0.05) is 16.7 Å². The summed E-state index contributed by atoms with van der Waals surface area (Å²) in [5, 5.41) is 7.82. The molecular weight excluding hydrogens is 292 g/mol. The number of aromatic nitrogens is 3. The lowest BCUT2D eigenvalue weighted by Gasteiger charge is -2.21. The van der Waals surface area contributed by atoms with Crippen LogP contribution >= 0.6 is 15.9 Å². The molecule has 0 saturated heterocycles. The van der Waals surface area contributed by atoms with Crippen LogP contribution in [-0.4, -0.2) is 20.6 Å². The van der Waals surface area contributed by atoms with Gasteiger partial charge >= 0.3 is 0 Å². The molecule has 18 heavy (non-hydrogen) atoms. The number of fused-ring (bicyclic) bond motifs is 1. The van der Waals surface area contributed by atoms with E-state index < -0.39 is 0 Å². The number of nitrogens with one attached hydrogen (secondary N) is 1. The van der Waals surface area contributed by atoms with Crippen LogP contribution in [0.1, 0.15) is 33.6 Å². The summed E-state index contributed by atoms with van der Waals surface area (Å²) in [4.78, 5) is 4.46. The zero-order valence-corrected chi connectivity index (χ0v) is 12.6. The third-order valence-electron chi connectivity index (χ3n) is 3.41. The molecule has 0 saturated carbocycles. The predicted octanol–water partition coefficient (Wildman–Crippen LogP) is 3.73. The minimum Gasteiger partial charge on any atom is -0.350 e. The van der Waals surface area contributed by atoms with Gasteiger partial charge in [-0.15, -0.1) is 5.10 Å². The van der Waals surface area contributed by atoms with Crippen LogP contribution in [0.3, 0.4) is 0 Å². The van der Waals surface area contributed by atoms with E-state index in [1.165, 1.54) is 12.8 Å². The largest absolute Gasteiger partial charge is 0.350 e. The minimum absolute atomic E-state index is 0.390. The fourth-order valence-corrected chi connectivity index (χ4v) is 2.56. The lowest BCUT2D eigenvalue weighted by atomic mass is 9.96. The highest BCUT2D eigenvalue weighted by Gasteiger charge is 2.15. The maximum absolute atomic E-state index is 4.46. The van der Waals surface area contributed by atoms with E-state index in [-0.39, 0.29) is 0 Å². The van der Waals surface area contributed by atoms with Crippen molar-refractivity contribution >= 4 is 27.5 Å². The average molecular weight is 311 g/mol. The fraction of sp³-hybridized carbons (Fsp3) is 0.538. The van der Waals surface area contributed by atoms with Gasteiger partial charge in [0.15, 0.2) is 5.65 Å². The molecule has 0 aromatic carbocycles. The molecule has 1 unspecified atom stereocenters. The molecule has 2 aromatic rings. The number of nitrogens with zero attached hydrogens (tertiary/aromatic N) is 3. The number of halogens is 1. The van der Waals surface area contributed by atoms with Gasteiger partial charge < -0.3 is 5.32 Å². The molecule has 2 rings (SSSR count). The van der Waals surface area contributed by atoms with E-state index in [4.69, 9.17) is 0 Å². The van der Waals surface area contributed by atoms with Gasteiger partial charge in [0.2, 0.25) is 5.95 Å². The van der Waals surface area contributed by atoms with Crippen molar-refractivity contribution in [2.45, 2.75) is 39.7 Å². The number of pyridine rings is 1. The van der Waals surface area contributed by atoms with Gasteiger partial charge in [-0.1, -0.05) is 26.7 Å². The highest BCUT2D eigenvalue weighted by molar-refractivity contribution is 9.10. The molecule has 2 heterocycles. The van der Waals surface area contributed by atoms with Crippen molar-refractivity contribution in [3.05, 3.63) is 22.8 Å². The van der Waals surface area contributed by atoms with Crippen LogP contribution in [0, 0.1) is 5.92 Å². The molecule has 5 heteroatoms. The molecule has 98 valence electrons. The zero-order chi connectivity index (χ0) is 13.1. The van der Waals surface area contributed by atoms with Crippen LogP contribution in [0.4, 0.5) is 5.95 Å². The van der Waals surface area contributed by atoms with Crippen molar-refractivity contribution in [2.24, 2.45) is 5.92 Å². The normalized spacial score (nSPS) is 13.2. The maximum Gasteiger partial charge on any atom is 0.243 e. The minimum atomic E-state index is 0.390. The topological polar surface area (TPSA) is 42.2 Å². The van der Waals surface area contributed by atoms with E-state index in [1.807, 2.05) is 18.3 Å². The van der Waals surface area contributed by atoms with Crippen molar-refractivity contribution < 1.29 is 0 Å². The van der Waals surface area contributed by atoms with Gasteiger partial charge in [0.05, 0.1) is 0 Å². The summed E-state index contributed by atoms with van der Waals surface area (Å²) in [7, 11) is 0. The monoisotopic (exact) mass is 310 g/mol. The quantitative estimate of drug-likeness (QED) is 0.915. The fourth-order valence-electron chi connectivity index (χ4n) is 2.24. The van der Waals surface area contributed by atoms with Crippen LogP contribution in [0.15, 0.2) is 22.8 Å². The van der Waals surface area contributed by atoms with Crippen LogP contribution in [-0.2, 0) is 0 Å². The van der Waals surface area contributed by atoms with Crippen LogP contribution in [0.25, 0.3) is 5.65 Å². The summed E-state index contributed by atoms with van der Waals surface area (Å²) in [6.07, 6.45) is 4.25. The van der Waals surface area contributed by atoms with E-state index in [9.17, 15) is 0 Å². The average Bonchev–Trinajstić information content (AvgIpc) is 2.71. The van der Waals surface area contributed by atoms with Gasteiger partial charge in [-0.05, 0) is 40.9 Å². The molecule has 1 atom stereocenters. The molecule has 2 aromatic heterocycles. The molecule has 0 spiro atoms. The summed E-state index contributed by atoms with van der Waals surface area (Å²) in [6, 6.07) is 4.31. The van der Waals surface area contributed by atoms with Crippen LogP contribution < -0.4 is 5.32 Å². The molecule has 0 bridgehead atoms. The molecule has 0 aliphatic rings. The first kappa shape index (κ1) is 13.3. The van der Waals surface area contributed by atoms with E-state index in [0.29, 0.717) is 17.9 Å². The Hall–Kier alpha value is -1.10. The van der Waals surface area contributed by atoms with Gasteiger partial charge in [0.1, 0.15) is 0 Å². The zero-order valence-electron chi connectivity index (χ0n) is 11.0. The second kappa shape index (κ2) is 5.69. The highest BCUT2D eigenvalue weighted by Crippen LogP contribution is 2.17. The number of anilines is 1. The molecule has 0 fully saturated rings. The van der Waals surface area contributed by atoms with Gasteiger partial charge in [-0.25, -0.2) is 4.52 Å². The first-order valence-corrected chi connectivity index (χ1v) is 7.21. The summed E-state index contributed by atoms with van der Waals surface area (Å²) >= 11 is 3.43. The molecule has 0 amide bonds. The van der Waals surface area contributed by atoms with Crippen molar-refractivity contribution in [1.29, 1.82) is 0 Å². The Kier molecular flexibility index (Phi) is 4.22. The van der Waals surface area contributed by atoms with Crippen molar-refractivity contribution in [2.75, 3.05) is 5.32 Å². The Morgan fingerprint density at radius 1 is 1.33 bits per heavy atom. The molecule has 4 nitrogen and oxygen atoms in total. The van der Waals surface area contributed by atoms with E-state index in [1.54, 1.807) is 4.52 Å². The van der Waals surface area contributed by atoms with Crippen LogP contribution in [0.5, 0.6) is 0 Å². The molecule has 1 N–H and O–H groups in total. The molecule has 0 aliphatic heterocycles. The lowest BCUT2D eigenvalue weighted by molar-refractivity contribution is 0.436. The predicted molar refractivity (Wildman–Crippen MR) is 77.8 cm³/mol. The Labute approximate surface area is 116 Å². The van der Waals surface area contributed by atoms with Crippen LogP contribution in [0.2, 0.25) is 0 Å². The Morgan fingerprint density at radius 2 is 2.06 bits per heavy atom. The number of hydrogen-bond donors (Lipinski definition) is 1. The molecule has 0 aliphatic carbocycles. The lowest BCUT2D eigenvalue weighted by Crippen LogP contribution is -2.25. The number of rotatable bonds is 5. The Balaban J connectivity index is 2.16. The number of hydrogen-bond acceptors (Lipinski definition) is 3. The van der Waals surface area contributed by atoms with E-state index in [2.05, 4.69) is 52.1 Å². The second-order valence-electron chi connectivity index (χ2n) is 4.60. The molecule has 0 radical (unpaired) electrons. The summed E-state index contributed by atoms with van der Waals surface area (Å²) in [5.41, 5.74) is 0.859. The third kappa shape index (κ3) is 2.83. The standard InChI is InChI=1S/C13H19BrN4/c1-4-10(5-2)9(3)15-13-16-12-7-6-11(14)8-18(12)17-13/h6-10H,4-5H2,1-3H3,(H,15,17). The highest BCUT2D eigenvalue weighted by atomic mass is 79.9. The Bertz CT molecular complexity index is 519. The summed E-state index contributed by atoms with van der Waals surface area (Å²) in [5.74, 6) is 1.36. The summed E-state index contributed by atoms with van der Waals surface area (Å²) < 4.78 is 2.78. The van der Waals surface area contributed by atoms with Crippen molar-refractivity contribution in [3.63, 3.8) is 0 Å². The van der Waals surface area contributed by atoms with E-state index in [0.717, 1.165) is 10.1 Å². The Morgan fingerprint density at radius 3 is 2.72 bits per heavy atom. The first-order chi connectivity index (χ1) is 8.63. The SMILES string of the molecule is CCC(CC)C(C)Nc1nc2ccc(Br)cn2n1. The van der Waals surface area contributed by atoms with Gasteiger partial charge in [-0.3, -0.25) is 0 Å².